The second kappa shape index (κ2) is 6.45. The van der Waals surface area contributed by atoms with E-state index >= 15 is 0 Å². The highest BCUT2D eigenvalue weighted by molar-refractivity contribution is 7.15. The van der Waals surface area contributed by atoms with Crippen LogP contribution in [0.1, 0.15) is 5.01 Å². The number of nitrogens with zero attached hydrogens (tertiary/aromatic N) is 4. The topological polar surface area (TPSA) is 80.2 Å². The molecular formula is C16H19N5O2S. The van der Waals surface area contributed by atoms with Gasteiger partial charge in [0.05, 0.1) is 31.0 Å². The van der Waals surface area contributed by atoms with Crippen LogP contribution in [0.25, 0.3) is 0 Å². The van der Waals surface area contributed by atoms with Crippen molar-refractivity contribution in [3.63, 3.8) is 0 Å². The Morgan fingerprint density at radius 1 is 1.38 bits per heavy atom. The van der Waals surface area contributed by atoms with Gasteiger partial charge < -0.3 is 15.0 Å². The zero-order valence-electron chi connectivity index (χ0n) is 13.4. The largest absolute Gasteiger partial charge is 0.380 e. The van der Waals surface area contributed by atoms with Gasteiger partial charge in [-0.2, -0.15) is 0 Å². The molecule has 2 aliphatic heterocycles. The van der Waals surface area contributed by atoms with E-state index in [1.807, 2.05) is 19.1 Å². The molecule has 0 aliphatic carbocycles. The molecule has 4 rings (SSSR count). The molecule has 126 valence electrons. The molecule has 7 nitrogen and oxygen atoms in total. The average Bonchev–Trinajstić information content (AvgIpc) is 3.21. The minimum Gasteiger partial charge on any atom is -0.380 e. The number of ether oxygens (including phenoxy) is 1. The molecule has 1 N–H and O–H groups in total. The van der Waals surface area contributed by atoms with Crippen LogP contribution in [0.4, 0.5) is 10.8 Å². The van der Waals surface area contributed by atoms with Crippen LogP contribution >= 0.6 is 11.3 Å². The SMILES string of the molecule is Cc1nnc(N2C[C@@H]3COC[C@H](C(=O)Nc4cccnc4)[C@@H]3C2)s1. The summed E-state index contributed by atoms with van der Waals surface area (Å²) in [6.07, 6.45) is 3.35. The highest BCUT2D eigenvalue weighted by atomic mass is 32.1. The Balaban J connectivity index is 1.47. The number of rotatable bonds is 3. The van der Waals surface area contributed by atoms with Crippen molar-refractivity contribution < 1.29 is 9.53 Å². The summed E-state index contributed by atoms with van der Waals surface area (Å²) in [6.45, 7) is 4.83. The lowest BCUT2D eigenvalue weighted by atomic mass is 9.82. The number of aromatic nitrogens is 3. The first-order chi connectivity index (χ1) is 11.7. The summed E-state index contributed by atoms with van der Waals surface area (Å²) in [7, 11) is 0. The fourth-order valence-electron chi connectivity index (χ4n) is 3.51. The molecule has 0 radical (unpaired) electrons. The van der Waals surface area contributed by atoms with E-state index in [1.54, 1.807) is 23.7 Å². The van der Waals surface area contributed by atoms with E-state index < -0.39 is 0 Å². The Morgan fingerprint density at radius 2 is 2.29 bits per heavy atom. The molecule has 4 heterocycles. The summed E-state index contributed by atoms with van der Waals surface area (Å²) in [5.41, 5.74) is 0.722. The molecule has 2 saturated heterocycles. The normalized spacial score (nSPS) is 26.2. The zero-order chi connectivity index (χ0) is 16.5. The van der Waals surface area contributed by atoms with Gasteiger partial charge in [-0.1, -0.05) is 11.3 Å². The lowest BCUT2D eigenvalue weighted by Crippen LogP contribution is -2.41. The third-order valence-electron chi connectivity index (χ3n) is 4.69. The molecule has 2 fully saturated rings. The molecule has 0 unspecified atom stereocenters. The van der Waals surface area contributed by atoms with Crippen molar-refractivity contribution in [2.45, 2.75) is 6.92 Å². The number of pyridine rings is 1. The summed E-state index contributed by atoms with van der Waals surface area (Å²) in [5.74, 6) is 0.489. The summed E-state index contributed by atoms with van der Waals surface area (Å²) in [6, 6.07) is 3.65. The van der Waals surface area contributed by atoms with Crippen LogP contribution in [0.5, 0.6) is 0 Å². The Labute approximate surface area is 144 Å². The van der Waals surface area contributed by atoms with Gasteiger partial charge in [0.25, 0.3) is 0 Å². The van der Waals surface area contributed by atoms with Gasteiger partial charge in [0, 0.05) is 25.2 Å². The van der Waals surface area contributed by atoms with Crippen molar-refractivity contribution in [1.82, 2.24) is 15.2 Å². The number of amides is 1. The molecule has 8 heteroatoms. The quantitative estimate of drug-likeness (QED) is 0.910. The van der Waals surface area contributed by atoms with Crippen LogP contribution in [0.3, 0.4) is 0 Å². The van der Waals surface area contributed by atoms with E-state index in [-0.39, 0.29) is 17.7 Å². The van der Waals surface area contributed by atoms with E-state index in [9.17, 15) is 4.79 Å². The molecule has 0 bridgehead atoms. The predicted octanol–water partition coefficient (Wildman–Crippen LogP) is 1.58. The van der Waals surface area contributed by atoms with Crippen molar-refractivity contribution in [2.24, 2.45) is 17.8 Å². The maximum Gasteiger partial charge on any atom is 0.230 e. The minimum atomic E-state index is -0.150. The van der Waals surface area contributed by atoms with Crippen molar-refractivity contribution in [1.29, 1.82) is 0 Å². The summed E-state index contributed by atoms with van der Waals surface area (Å²) >= 11 is 1.60. The molecule has 2 aromatic rings. The molecule has 0 spiro atoms. The molecule has 1 amide bonds. The van der Waals surface area contributed by atoms with E-state index in [1.165, 1.54) is 0 Å². The second-order valence-corrected chi connectivity index (χ2v) is 7.47. The third-order valence-corrected chi connectivity index (χ3v) is 5.59. The summed E-state index contributed by atoms with van der Waals surface area (Å²) in [5, 5.41) is 13.2. The lowest BCUT2D eigenvalue weighted by Gasteiger charge is -2.31. The van der Waals surface area contributed by atoms with Crippen molar-refractivity contribution >= 4 is 28.1 Å². The fraction of sp³-hybridized carbons (Fsp3) is 0.500. The van der Waals surface area contributed by atoms with Crippen LogP contribution < -0.4 is 10.2 Å². The zero-order valence-corrected chi connectivity index (χ0v) is 14.2. The first kappa shape index (κ1) is 15.5. The number of hydrogen-bond donors (Lipinski definition) is 1. The summed E-state index contributed by atoms with van der Waals surface area (Å²) < 4.78 is 5.71. The van der Waals surface area contributed by atoms with E-state index in [0.29, 0.717) is 19.1 Å². The van der Waals surface area contributed by atoms with Crippen molar-refractivity contribution in [2.75, 3.05) is 36.5 Å². The maximum absolute atomic E-state index is 12.7. The lowest BCUT2D eigenvalue weighted by molar-refractivity contribution is -0.128. The molecule has 0 aromatic carbocycles. The van der Waals surface area contributed by atoms with Gasteiger partial charge in [0.15, 0.2) is 0 Å². The second-order valence-electron chi connectivity index (χ2n) is 6.31. The molecule has 2 aliphatic rings. The van der Waals surface area contributed by atoms with Gasteiger partial charge in [0.1, 0.15) is 5.01 Å². The van der Waals surface area contributed by atoms with E-state index in [0.717, 1.165) is 28.9 Å². The Morgan fingerprint density at radius 3 is 3.04 bits per heavy atom. The number of nitrogens with one attached hydrogen (secondary N) is 1. The number of carbonyl (C=O) groups excluding carboxylic acids is 1. The van der Waals surface area contributed by atoms with Crippen LogP contribution in [-0.2, 0) is 9.53 Å². The predicted molar refractivity (Wildman–Crippen MR) is 91.0 cm³/mol. The molecular weight excluding hydrogens is 326 g/mol. The smallest absolute Gasteiger partial charge is 0.230 e. The van der Waals surface area contributed by atoms with Gasteiger partial charge in [0.2, 0.25) is 11.0 Å². The number of fused-ring (bicyclic) bond motifs is 1. The van der Waals surface area contributed by atoms with Gasteiger partial charge in [-0.05, 0) is 25.0 Å². The summed E-state index contributed by atoms with van der Waals surface area (Å²) in [4.78, 5) is 19.0. The highest BCUT2D eigenvalue weighted by Gasteiger charge is 2.44. The van der Waals surface area contributed by atoms with Gasteiger partial charge in [-0.15, -0.1) is 10.2 Å². The highest BCUT2D eigenvalue weighted by Crippen LogP contribution is 2.37. The Hall–Kier alpha value is -2.06. The van der Waals surface area contributed by atoms with Gasteiger partial charge >= 0.3 is 0 Å². The average molecular weight is 345 g/mol. The number of anilines is 2. The van der Waals surface area contributed by atoms with Crippen LogP contribution in [0, 0.1) is 24.7 Å². The number of hydrogen-bond acceptors (Lipinski definition) is 7. The van der Waals surface area contributed by atoms with Gasteiger partial charge in [-0.25, -0.2) is 0 Å². The third kappa shape index (κ3) is 2.99. The molecule has 24 heavy (non-hydrogen) atoms. The first-order valence-corrected chi connectivity index (χ1v) is 8.86. The standard InChI is InChI=1S/C16H19N5O2S/c1-10-19-20-16(24-10)21-6-11-8-23-9-14(13(11)7-21)15(22)18-12-3-2-4-17-5-12/h2-5,11,13-14H,6-9H2,1H3,(H,18,22)/t11-,13-,14+/m1/s1. The first-order valence-electron chi connectivity index (χ1n) is 8.04. The van der Waals surface area contributed by atoms with Crippen LogP contribution in [-0.4, -0.2) is 47.4 Å². The van der Waals surface area contributed by atoms with E-state index in [2.05, 4.69) is 25.4 Å². The van der Waals surface area contributed by atoms with Crippen LogP contribution in [0.2, 0.25) is 0 Å². The van der Waals surface area contributed by atoms with Crippen molar-refractivity contribution in [3.05, 3.63) is 29.5 Å². The van der Waals surface area contributed by atoms with Crippen molar-refractivity contribution in [3.8, 4) is 0 Å². The number of aryl methyl sites for hydroxylation is 1. The van der Waals surface area contributed by atoms with E-state index in [4.69, 9.17) is 4.74 Å². The number of carbonyl (C=O) groups is 1. The molecule has 3 atom stereocenters. The fourth-order valence-corrected chi connectivity index (χ4v) is 4.22. The van der Waals surface area contributed by atoms with Crippen LogP contribution in [0.15, 0.2) is 24.5 Å². The maximum atomic E-state index is 12.7. The van der Waals surface area contributed by atoms with Gasteiger partial charge in [-0.3, -0.25) is 9.78 Å². The monoisotopic (exact) mass is 345 g/mol. The Bertz CT molecular complexity index is 722. The molecule has 0 saturated carbocycles. The minimum absolute atomic E-state index is 0.00740. The Kier molecular flexibility index (Phi) is 4.15. The molecule has 2 aromatic heterocycles.